The van der Waals surface area contributed by atoms with Gasteiger partial charge in [-0.15, -0.1) is 0 Å². The van der Waals surface area contributed by atoms with E-state index < -0.39 is 0 Å². The molecule has 0 heterocycles. The molecule has 15 heavy (non-hydrogen) atoms. The van der Waals surface area contributed by atoms with Crippen molar-refractivity contribution in [3.8, 4) is 0 Å². The minimum Gasteiger partial charge on any atom is -0.319 e. The van der Waals surface area contributed by atoms with Crippen LogP contribution in [0.3, 0.4) is 0 Å². The predicted molar refractivity (Wildman–Crippen MR) is 63.9 cm³/mol. The second-order valence-electron chi connectivity index (χ2n) is 3.45. The summed E-state index contributed by atoms with van der Waals surface area (Å²) in [6.07, 6.45) is 0. The van der Waals surface area contributed by atoms with E-state index in [2.05, 4.69) is 5.32 Å². The molecule has 1 aromatic rings. The van der Waals surface area contributed by atoms with Gasteiger partial charge < -0.3 is 5.32 Å². The molecule has 1 unspecified atom stereocenters. The van der Waals surface area contributed by atoms with Gasteiger partial charge in [0.15, 0.2) is 5.78 Å². The molecular formula is C11H13Cl2NO. The lowest BCUT2D eigenvalue weighted by atomic mass is 9.99. The summed E-state index contributed by atoms with van der Waals surface area (Å²) in [5, 5.41) is 3.93. The maximum atomic E-state index is 11.9. The van der Waals surface area contributed by atoms with Gasteiger partial charge in [0.2, 0.25) is 0 Å². The average molecular weight is 246 g/mol. The van der Waals surface area contributed by atoms with Gasteiger partial charge in [-0.05, 0) is 25.2 Å². The molecule has 0 aliphatic carbocycles. The third-order valence-corrected chi connectivity index (χ3v) is 2.72. The SMILES string of the molecule is CNCC(C)C(=O)c1cc(Cl)ccc1Cl. The van der Waals surface area contributed by atoms with Crippen LogP contribution < -0.4 is 5.32 Å². The third kappa shape index (κ3) is 3.20. The second kappa shape index (κ2) is 5.50. The highest BCUT2D eigenvalue weighted by atomic mass is 35.5. The Morgan fingerprint density at radius 3 is 2.73 bits per heavy atom. The minimum atomic E-state index is -0.106. The van der Waals surface area contributed by atoms with Crippen molar-refractivity contribution in [2.75, 3.05) is 13.6 Å². The van der Waals surface area contributed by atoms with E-state index in [1.165, 1.54) is 0 Å². The number of ketones is 1. The van der Waals surface area contributed by atoms with Crippen LogP contribution in [0.5, 0.6) is 0 Å². The largest absolute Gasteiger partial charge is 0.319 e. The van der Waals surface area contributed by atoms with Gasteiger partial charge in [0.25, 0.3) is 0 Å². The van der Waals surface area contributed by atoms with E-state index in [9.17, 15) is 4.79 Å². The molecule has 0 radical (unpaired) electrons. The van der Waals surface area contributed by atoms with Crippen molar-refractivity contribution in [1.29, 1.82) is 0 Å². The van der Waals surface area contributed by atoms with Crippen molar-refractivity contribution < 1.29 is 4.79 Å². The number of carbonyl (C=O) groups is 1. The van der Waals surface area contributed by atoms with Crippen LogP contribution in [0.25, 0.3) is 0 Å². The lowest BCUT2D eigenvalue weighted by Crippen LogP contribution is -2.23. The first-order valence-corrected chi connectivity index (χ1v) is 5.45. The molecule has 82 valence electrons. The fourth-order valence-corrected chi connectivity index (χ4v) is 1.73. The normalized spacial score (nSPS) is 12.5. The Bertz CT molecular complexity index is 366. The molecule has 4 heteroatoms. The standard InChI is InChI=1S/C11H13Cl2NO/c1-7(6-14-2)11(15)9-5-8(12)3-4-10(9)13/h3-5,7,14H,6H2,1-2H3. The molecule has 0 saturated heterocycles. The summed E-state index contributed by atoms with van der Waals surface area (Å²) >= 11 is 11.8. The van der Waals surface area contributed by atoms with E-state index in [4.69, 9.17) is 23.2 Å². The van der Waals surface area contributed by atoms with Crippen LogP contribution in [0.2, 0.25) is 10.0 Å². The summed E-state index contributed by atoms with van der Waals surface area (Å²) in [6.45, 7) is 2.48. The van der Waals surface area contributed by atoms with Gasteiger partial charge in [-0.1, -0.05) is 30.1 Å². The quantitative estimate of drug-likeness (QED) is 0.827. The molecule has 0 aliphatic heterocycles. The Morgan fingerprint density at radius 2 is 2.13 bits per heavy atom. The van der Waals surface area contributed by atoms with Crippen molar-refractivity contribution >= 4 is 29.0 Å². The smallest absolute Gasteiger partial charge is 0.168 e. The Morgan fingerprint density at radius 1 is 1.47 bits per heavy atom. The fraction of sp³-hybridized carbons (Fsp3) is 0.364. The summed E-state index contributed by atoms with van der Waals surface area (Å²) in [4.78, 5) is 11.9. The van der Waals surface area contributed by atoms with E-state index in [1.54, 1.807) is 18.2 Å². The zero-order valence-corrected chi connectivity index (χ0v) is 10.2. The van der Waals surface area contributed by atoms with Crippen molar-refractivity contribution in [2.45, 2.75) is 6.92 Å². The number of benzene rings is 1. The van der Waals surface area contributed by atoms with Gasteiger partial charge in [-0.2, -0.15) is 0 Å². The van der Waals surface area contributed by atoms with Gasteiger partial charge in [-0.3, -0.25) is 4.79 Å². The number of hydrogen-bond acceptors (Lipinski definition) is 2. The van der Waals surface area contributed by atoms with Crippen LogP contribution >= 0.6 is 23.2 Å². The van der Waals surface area contributed by atoms with Gasteiger partial charge in [0.05, 0.1) is 5.02 Å². The zero-order chi connectivity index (χ0) is 11.4. The Labute approximate surface area is 99.6 Å². The van der Waals surface area contributed by atoms with Gasteiger partial charge in [0, 0.05) is 23.0 Å². The molecular weight excluding hydrogens is 233 g/mol. The number of rotatable bonds is 4. The summed E-state index contributed by atoms with van der Waals surface area (Å²) in [7, 11) is 1.81. The third-order valence-electron chi connectivity index (χ3n) is 2.15. The molecule has 0 aliphatic rings. The molecule has 0 saturated carbocycles. The van der Waals surface area contributed by atoms with E-state index in [1.807, 2.05) is 14.0 Å². The molecule has 0 amide bonds. The molecule has 1 aromatic carbocycles. The molecule has 2 nitrogen and oxygen atoms in total. The van der Waals surface area contributed by atoms with Crippen LogP contribution in [-0.2, 0) is 0 Å². The summed E-state index contributed by atoms with van der Waals surface area (Å²) in [5.41, 5.74) is 0.493. The van der Waals surface area contributed by atoms with Gasteiger partial charge >= 0.3 is 0 Å². The van der Waals surface area contributed by atoms with E-state index in [0.29, 0.717) is 22.2 Å². The van der Waals surface area contributed by atoms with Gasteiger partial charge in [0.1, 0.15) is 0 Å². The van der Waals surface area contributed by atoms with Crippen molar-refractivity contribution in [3.63, 3.8) is 0 Å². The lowest BCUT2D eigenvalue weighted by molar-refractivity contribution is 0.0930. The van der Waals surface area contributed by atoms with Crippen LogP contribution in [0.15, 0.2) is 18.2 Å². The summed E-state index contributed by atoms with van der Waals surface area (Å²) in [6, 6.07) is 4.92. The monoisotopic (exact) mass is 245 g/mol. The summed E-state index contributed by atoms with van der Waals surface area (Å²) in [5.74, 6) is -0.0946. The molecule has 0 spiro atoms. The first kappa shape index (κ1) is 12.5. The highest BCUT2D eigenvalue weighted by Crippen LogP contribution is 2.23. The van der Waals surface area contributed by atoms with Crippen molar-refractivity contribution in [2.24, 2.45) is 5.92 Å². The topological polar surface area (TPSA) is 29.1 Å². The molecule has 0 fully saturated rings. The first-order chi connectivity index (χ1) is 7.06. The van der Waals surface area contributed by atoms with E-state index in [0.717, 1.165) is 0 Å². The summed E-state index contributed by atoms with van der Waals surface area (Å²) < 4.78 is 0. The average Bonchev–Trinajstić information content (AvgIpc) is 2.21. The van der Waals surface area contributed by atoms with E-state index >= 15 is 0 Å². The van der Waals surface area contributed by atoms with Crippen LogP contribution in [0.4, 0.5) is 0 Å². The predicted octanol–water partition coefficient (Wildman–Crippen LogP) is 3.03. The van der Waals surface area contributed by atoms with Crippen LogP contribution in [-0.4, -0.2) is 19.4 Å². The Hall–Kier alpha value is -0.570. The highest BCUT2D eigenvalue weighted by Gasteiger charge is 2.17. The number of nitrogens with one attached hydrogen (secondary N) is 1. The fourth-order valence-electron chi connectivity index (χ4n) is 1.35. The number of carbonyl (C=O) groups excluding carboxylic acids is 1. The molecule has 0 bridgehead atoms. The van der Waals surface area contributed by atoms with Gasteiger partial charge in [-0.25, -0.2) is 0 Å². The van der Waals surface area contributed by atoms with Crippen molar-refractivity contribution in [3.05, 3.63) is 33.8 Å². The molecule has 1 atom stereocenters. The van der Waals surface area contributed by atoms with E-state index in [-0.39, 0.29) is 11.7 Å². The second-order valence-corrected chi connectivity index (χ2v) is 4.29. The Kier molecular flexibility index (Phi) is 4.58. The van der Waals surface area contributed by atoms with Crippen LogP contribution in [0, 0.1) is 5.92 Å². The molecule has 1 rings (SSSR count). The number of hydrogen-bond donors (Lipinski definition) is 1. The number of halogens is 2. The van der Waals surface area contributed by atoms with Crippen molar-refractivity contribution in [1.82, 2.24) is 5.32 Å². The first-order valence-electron chi connectivity index (χ1n) is 4.70. The maximum absolute atomic E-state index is 11.9. The molecule has 0 aromatic heterocycles. The minimum absolute atomic E-state index is 0.0110. The number of Topliss-reactive ketones (excluding diaryl/α,β-unsaturated/α-hetero) is 1. The highest BCUT2D eigenvalue weighted by molar-refractivity contribution is 6.36. The lowest BCUT2D eigenvalue weighted by Gasteiger charge is -2.10. The Balaban J connectivity index is 2.95. The zero-order valence-electron chi connectivity index (χ0n) is 8.68. The maximum Gasteiger partial charge on any atom is 0.168 e. The van der Waals surface area contributed by atoms with Crippen LogP contribution in [0.1, 0.15) is 17.3 Å². The molecule has 1 N–H and O–H groups in total.